The maximum atomic E-state index is 9.42. The van der Waals surface area contributed by atoms with Crippen LogP contribution >= 0.6 is 0 Å². The van der Waals surface area contributed by atoms with Gasteiger partial charge in [-0.05, 0) is 42.7 Å². The van der Waals surface area contributed by atoms with Crippen LogP contribution in [-0.2, 0) is 6.61 Å². The van der Waals surface area contributed by atoms with E-state index < -0.39 is 6.10 Å². The van der Waals surface area contributed by atoms with Crippen LogP contribution in [0.25, 0.3) is 0 Å². The summed E-state index contributed by atoms with van der Waals surface area (Å²) in [6, 6.07) is 15.7. The minimum atomic E-state index is -0.435. The summed E-state index contributed by atoms with van der Waals surface area (Å²) < 4.78 is 5.73. The lowest BCUT2D eigenvalue weighted by Crippen LogP contribution is -1.98. The van der Waals surface area contributed by atoms with Crippen LogP contribution in [0.1, 0.15) is 29.7 Å². The van der Waals surface area contributed by atoms with Crippen LogP contribution in [-0.4, -0.2) is 5.11 Å². The second kappa shape index (κ2) is 5.69. The second-order valence-electron chi connectivity index (χ2n) is 4.46. The van der Waals surface area contributed by atoms with Crippen molar-refractivity contribution in [1.29, 1.82) is 0 Å². The first-order chi connectivity index (χ1) is 8.66. The van der Waals surface area contributed by atoms with Gasteiger partial charge in [0.1, 0.15) is 12.4 Å². The number of aryl methyl sites for hydroxylation is 1. The predicted molar refractivity (Wildman–Crippen MR) is 72.6 cm³/mol. The Hall–Kier alpha value is -1.80. The van der Waals surface area contributed by atoms with Gasteiger partial charge < -0.3 is 9.84 Å². The average Bonchev–Trinajstić information content (AvgIpc) is 2.38. The Labute approximate surface area is 108 Å². The van der Waals surface area contributed by atoms with Crippen molar-refractivity contribution in [3.05, 3.63) is 65.2 Å². The van der Waals surface area contributed by atoms with Crippen LogP contribution in [0.3, 0.4) is 0 Å². The Morgan fingerprint density at radius 3 is 2.33 bits per heavy atom. The lowest BCUT2D eigenvalue weighted by molar-refractivity contribution is 0.199. The Morgan fingerprint density at radius 1 is 1.06 bits per heavy atom. The van der Waals surface area contributed by atoms with E-state index in [-0.39, 0.29) is 0 Å². The van der Waals surface area contributed by atoms with Crippen LogP contribution in [0.4, 0.5) is 0 Å². The number of aliphatic hydroxyl groups excluding tert-OH is 1. The molecule has 1 unspecified atom stereocenters. The zero-order valence-electron chi connectivity index (χ0n) is 10.8. The number of ether oxygens (including phenoxy) is 1. The van der Waals surface area contributed by atoms with Crippen molar-refractivity contribution in [3.63, 3.8) is 0 Å². The summed E-state index contributed by atoms with van der Waals surface area (Å²) in [6.07, 6.45) is -0.435. The van der Waals surface area contributed by atoms with Gasteiger partial charge in [-0.25, -0.2) is 0 Å². The third kappa shape index (κ3) is 3.11. The Morgan fingerprint density at radius 2 is 1.72 bits per heavy atom. The van der Waals surface area contributed by atoms with Gasteiger partial charge in [-0.3, -0.25) is 0 Å². The number of benzene rings is 2. The Kier molecular flexibility index (Phi) is 4.00. The van der Waals surface area contributed by atoms with E-state index in [1.54, 1.807) is 6.92 Å². The molecule has 1 atom stereocenters. The van der Waals surface area contributed by atoms with Gasteiger partial charge in [0, 0.05) is 0 Å². The quantitative estimate of drug-likeness (QED) is 0.887. The molecule has 2 nitrogen and oxygen atoms in total. The Balaban J connectivity index is 2.00. The number of rotatable bonds is 4. The van der Waals surface area contributed by atoms with E-state index in [9.17, 15) is 5.11 Å². The molecule has 0 bridgehead atoms. The highest BCUT2D eigenvalue weighted by molar-refractivity contribution is 5.30. The summed E-state index contributed by atoms with van der Waals surface area (Å²) in [6.45, 7) is 4.40. The summed E-state index contributed by atoms with van der Waals surface area (Å²) >= 11 is 0. The highest BCUT2D eigenvalue weighted by Gasteiger charge is 2.02. The van der Waals surface area contributed by atoms with Gasteiger partial charge in [-0.1, -0.05) is 36.4 Å². The predicted octanol–water partition coefficient (Wildman–Crippen LogP) is 3.63. The maximum absolute atomic E-state index is 9.42. The normalized spacial score (nSPS) is 12.2. The highest BCUT2D eigenvalue weighted by Crippen LogP contribution is 2.18. The van der Waals surface area contributed by atoms with E-state index in [1.807, 2.05) is 36.4 Å². The first-order valence-electron chi connectivity index (χ1n) is 6.12. The SMILES string of the molecule is Cc1ccccc1COc1ccc(C(C)O)cc1. The zero-order valence-corrected chi connectivity index (χ0v) is 10.8. The van der Waals surface area contributed by atoms with Crippen molar-refractivity contribution in [1.82, 2.24) is 0 Å². The van der Waals surface area contributed by atoms with E-state index in [0.29, 0.717) is 6.61 Å². The molecule has 94 valence electrons. The van der Waals surface area contributed by atoms with Crippen LogP contribution in [0, 0.1) is 6.92 Å². The molecule has 0 aromatic heterocycles. The van der Waals surface area contributed by atoms with Crippen molar-refractivity contribution < 1.29 is 9.84 Å². The lowest BCUT2D eigenvalue weighted by atomic mass is 10.1. The molecule has 0 heterocycles. The van der Waals surface area contributed by atoms with E-state index >= 15 is 0 Å². The third-order valence-corrected chi connectivity index (χ3v) is 3.02. The van der Waals surface area contributed by atoms with Gasteiger partial charge in [-0.15, -0.1) is 0 Å². The van der Waals surface area contributed by atoms with Gasteiger partial charge in [0.2, 0.25) is 0 Å². The molecule has 0 radical (unpaired) electrons. The van der Waals surface area contributed by atoms with Crippen LogP contribution < -0.4 is 4.74 Å². The van der Waals surface area contributed by atoms with Gasteiger partial charge in [-0.2, -0.15) is 0 Å². The monoisotopic (exact) mass is 242 g/mol. The van der Waals surface area contributed by atoms with Crippen molar-refractivity contribution in [2.75, 3.05) is 0 Å². The minimum Gasteiger partial charge on any atom is -0.489 e. The number of hydrogen-bond donors (Lipinski definition) is 1. The molecule has 2 aromatic carbocycles. The summed E-state index contributed by atoms with van der Waals surface area (Å²) in [5, 5.41) is 9.42. The summed E-state index contributed by atoms with van der Waals surface area (Å²) in [5.74, 6) is 0.822. The smallest absolute Gasteiger partial charge is 0.119 e. The van der Waals surface area contributed by atoms with Gasteiger partial charge in [0.25, 0.3) is 0 Å². The minimum absolute atomic E-state index is 0.435. The molecule has 0 saturated carbocycles. The molecule has 0 aliphatic carbocycles. The van der Waals surface area contributed by atoms with Crippen molar-refractivity contribution in [2.45, 2.75) is 26.6 Å². The molecular weight excluding hydrogens is 224 g/mol. The number of aliphatic hydroxyl groups is 1. The Bertz CT molecular complexity index is 501. The van der Waals surface area contributed by atoms with E-state index in [4.69, 9.17) is 4.74 Å². The second-order valence-corrected chi connectivity index (χ2v) is 4.46. The molecule has 0 fully saturated rings. The molecule has 2 aromatic rings. The summed E-state index contributed by atoms with van der Waals surface area (Å²) in [7, 11) is 0. The van der Waals surface area contributed by atoms with Crippen LogP contribution in [0.2, 0.25) is 0 Å². The van der Waals surface area contributed by atoms with Crippen LogP contribution in [0.5, 0.6) is 5.75 Å². The molecule has 0 aliphatic heterocycles. The molecule has 2 rings (SSSR count). The van der Waals surface area contributed by atoms with Crippen LogP contribution in [0.15, 0.2) is 48.5 Å². The topological polar surface area (TPSA) is 29.5 Å². The van der Waals surface area contributed by atoms with Gasteiger partial charge >= 0.3 is 0 Å². The fourth-order valence-electron chi connectivity index (χ4n) is 1.78. The standard InChI is InChI=1S/C16H18O2/c1-12-5-3-4-6-15(12)11-18-16-9-7-14(8-10-16)13(2)17/h3-10,13,17H,11H2,1-2H3. The fourth-order valence-corrected chi connectivity index (χ4v) is 1.78. The summed E-state index contributed by atoms with van der Waals surface area (Å²) in [5.41, 5.74) is 3.33. The summed E-state index contributed by atoms with van der Waals surface area (Å²) in [4.78, 5) is 0. The lowest BCUT2D eigenvalue weighted by Gasteiger charge is -2.10. The average molecular weight is 242 g/mol. The molecule has 0 amide bonds. The van der Waals surface area contributed by atoms with Crippen molar-refractivity contribution >= 4 is 0 Å². The molecule has 18 heavy (non-hydrogen) atoms. The third-order valence-electron chi connectivity index (χ3n) is 3.02. The highest BCUT2D eigenvalue weighted by atomic mass is 16.5. The molecular formula is C16H18O2. The number of hydrogen-bond acceptors (Lipinski definition) is 2. The maximum Gasteiger partial charge on any atom is 0.119 e. The molecule has 0 aliphatic rings. The van der Waals surface area contributed by atoms with Crippen molar-refractivity contribution in [2.24, 2.45) is 0 Å². The van der Waals surface area contributed by atoms with E-state index in [2.05, 4.69) is 19.1 Å². The zero-order chi connectivity index (χ0) is 13.0. The fraction of sp³-hybridized carbons (Fsp3) is 0.250. The largest absolute Gasteiger partial charge is 0.489 e. The van der Waals surface area contributed by atoms with Crippen molar-refractivity contribution in [3.8, 4) is 5.75 Å². The first-order valence-corrected chi connectivity index (χ1v) is 6.12. The molecule has 1 N–H and O–H groups in total. The van der Waals surface area contributed by atoms with E-state index in [1.165, 1.54) is 11.1 Å². The molecule has 0 saturated heterocycles. The van der Waals surface area contributed by atoms with Gasteiger partial charge in [0.15, 0.2) is 0 Å². The molecule has 2 heteroatoms. The molecule has 0 spiro atoms. The van der Waals surface area contributed by atoms with E-state index in [0.717, 1.165) is 11.3 Å². The van der Waals surface area contributed by atoms with Gasteiger partial charge in [0.05, 0.1) is 6.10 Å². The first kappa shape index (κ1) is 12.7.